The van der Waals surface area contributed by atoms with E-state index in [2.05, 4.69) is 0 Å². The molecule has 0 radical (unpaired) electrons. The molecule has 70 valence electrons. The summed E-state index contributed by atoms with van der Waals surface area (Å²) in [6.07, 6.45) is 7.97. The molecule has 1 aliphatic rings. The van der Waals surface area contributed by atoms with Gasteiger partial charge in [-0.15, -0.1) is 0 Å². The van der Waals surface area contributed by atoms with Gasteiger partial charge < -0.3 is 5.11 Å². The largest absolute Gasteiger partial charge is 0.512 e. The van der Waals surface area contributed by atoms with Crippen LogP contribution in [-0.4, -0.2) is 11.3 Å². The fourth-order valence-electron chi connectivity index (χ4n) is 1.37. The Morgan fingerprint density at radius 1 is 1.25 bits per heavy atom. The first-order valence-corrected chi connectivity index (χ1v) is 7.89. The number of aliphatic hydroxyl groups excluding tert-OH is 1. The Morgan fingerprint density at radius 2 is 2.00 bits per heavy atom. The molecule has 3 heteroatoms. The zero-order chi connectivity index (χ0) is 8.81. The molecule has 2 atom stereocenters. The lowest BCUT2D eigenvalue weighted by Crippen LogP contribution is -1.81. The molecule has 1 heterocycles. The van der Waals surface area contributed by atoms with Crippen molar-refractivity contribution in [1.82, 2.24) is 0 Å². The van der Waals surface area contributed by atoms with Gasteiger partial charge in [-0.2, -0.15) is 0 Å². The van der Waals surface area contributed by atoms with E-state index in [1.54, 1.807) is 0 Å². The van der Waals surface area contributed by atoms with E-state index >= 15 is 0 Å². The topological polar surface area (TPSA) is 20.2 Å². The molecule has 2 unspecified atom stereocenters. The van der Waals surface area contributed by atoms with E-state index in [0.717, 1.165) is 23.0 Å². The standard InChI is InChI=1S/C9H18OP2/c1-8(10)9-6-4-2-3-5-7-11-12-9/h10-12H,2-7H2,1H3. The predicted molar refractivity (Wildman–Crippen MR) is 59.9 cm³/mol. The molecule has 0 spiro atoms. The highest BCUT2D eigenvalue weighted by Crippen LogP contribution is 2.48. The molecule has 1 nitrogen and oxygen atoms in total. The summed E-state index contributed by atoms with van der Waals surface area (Å²) >= 11 is 0. The van der Waals surface area contributed by atoms with Crippen molar-refractivity contribution in [3.63, 3.8) is 0 Å². The number of aliphatic hydroxyl groups is 1. The van der Waals surface area contributed by atoms with Crippen LogP contribution in [0.15, 0.2) is 11.1 Å². The molecule has 0 saturated carbocycles. The van der Waals surface area contributed by atoms with Crippen LogP contribution in [0.5, 0.6) is 0 Å². The van der Waals surface area contributed by atoms with Gasteiger partial charge in [0, 0.05) is 0 Å². The van der Waals surface area contributed by atoms with Gasteiger partial charge in [0.25, 0.3) is 0 Å². The quantitative estimate of drug-likeness (QED) is 0.467. The fraction of sp³-hybridized carbons (Fsp3) is 0.778. The maximum atomic E-state index is 9.38. The van der Waals surface area contributed by atoms with E-state index in [-0.39, 0.29) is 0 Å². The highest BCUT2D eigenvalue weighted by atomic mass is 32.0. The van der Waals surface area contributed by atoms with E-state index in [0.29, 0.717) is 5.76 Å². The van der Waals surface area contributed by atoms with E-state index < -0.39 is 0 Å². The summed E-state index contributed by atoms with van der Waals surface area (Å²) in [6, 6.07) is 0. The second kappa shape index (κ2) is 5.95. The van der Waals surface area contributed by atoms with Crippen LogP contribution in [0.4, 0.5) is 0 Å². The predicted octanol–water partition coefficient (Wildman–Crippen LogP) is 4.01. The summed E-state index contributed by atoms with van der Waals surface area (Å²) in [4.78, 5) is 0. The summed E-state index contributed by atoms with van der Waals surface area (Å²) in [5.41, 5.74) is 0. The highest BCUT2D eigenvalue weighted by Gasteiger charge is 2.04. The molecule has 0 aromatic heterocycles. The SMILES string of the molecule is CC(O)=C1CCCCCCPP1. The van der Waals surface area contributed by atoms with Crippen molar-refractivity contribution in [2.75, 3.05) is 6.16 Å². The van der Waals surface area contributed by atoms with Crippen LogP contribution < -0.4 is 0 Å². The van der Waals surface area contributed by atoms with Crippen LogP contribution in [0.3, 0.4) is 0 Å². The normalized spacial score (nSPS) is 29.4. The molecule has 12 heavy (non-hydrogen) atoms. The molecule has 0 aromatic carbocycles. The van der Waals surface area contributed by atoms with Crippen molar-refractivity contribution in [2.24, 2.45) is 0 Å². The Hall–Kier alpha value is 0.400. The molecule has 0 bridgehead atoms. The second-order valence-corrected chi connectivity index (χ2v) is 6.80. The lowest BCUT2D eigenvalue weighted by atomic mass is 10.1. The van der Waals surface area contributed by atoms with E-state index in [1.807, 2.05) is 6.92 Å². The zero-order valence-corrected chi connectivity index (χ0v) is 9.69. The second-order valence-electron chi connectivity index (χ2n) is 3.28. The molecule has 1 fully saturated rings. The summed E-state index contributed by atoms with van der Waals surface area (Å²) in [7, 11) is 1.98. The lowest BCUT2D eigenvalue weighted by Gasteiger charge is -2.05. The van der Waals surface area contributed by atoms with Gasteiger partial charge in [-0.05, 0) is 37.7 Å². The molecule has 0 amide bonds. The lowest BCUT2D eigenvalue weighted by molar-refractivity contribution is 0.408. The maximum absolute atomic E-state index is 9.38. The van der Waals surface area contributed by atoms with E-state index in [1.165, 1.54) is 37.2 Å². The van der Waals surface area contributed by atoms with Gasteiger partial charge in [0.2, 0.25) is 0 Å². The minimum Gasteiger partial charge on any atom is -0.512 e. The Balaban J connectivity index is 2.45. The monoisotopic (exact) mass is 204 g/mol. The first-order chi connectivity index (χ1) is 5.80. The molecule has 1 N–H and O–H groups in total. The van der Waals surface area contributed by atoms with Gasteiger partial charge in [-0.3, -0.25) is 0 Å². The van der Waals surface area contributed by atoms with Crippen LogP contribution in [0.2, 0.25) is 0 Å². The smallest absolute Gasteiger partial charge is 0.0928 e. The Kier molecular flexibility index (Phi) is 5.19. The first kappa shape index (κ1) is 10.5. The average Bonchev–Trinajstić information content (AvgIpc) is 2.15. The third-order valence-corrected chi connectivity index (χ3v) is 6.03. The number of allylic oxidation sites excluding steroid dienone is 2. The maximum Gasteiger partial charge on any atom is 0.0928 e. The highest BCUT2D eigenvalue weighted by molar-refractivity contribution is 8.13. The van der Waals surface area contributed by atoms with Gasteiger partial charge >= 0.3 is 0 Å². The van der Waals surface area contributed by atoms with Crippen molar-refractivity contribution < 1.29 is 5.11 Å². The molecular weight excluding hydrogens is 186 g/mol. The van der Waals surface area contributed by atoms with Gasteiger partial charge in [-0.25, -0.2) is 0 Å². The third-order valence-electron chi connectivity index (χ3n) is 2.15. The number of rotatable bonds is 0. The van der Waals surface area contributed by atoms with E-state index in [9.17, 15) is 5.11 Å². The Morgan fingerprint density at radius 3 is 2.75 bits per heavy atom. The molecule has 1 saturated heterocycles. The van der Waals surface area contributed by atoms with Crippen molar-refractivity contribution in [2.45, 2.75) is 39.0 Å². The van der Waals surface area contributed by atoms with Gasteiger partial charge in [0.1, 0.15) is 0 Å². The zero-order valence-electron chi connectivity index (χ0n) is 7.69. The van der Waals surface area contributed by atoms with Gasteiger partial charge in [-0.1, -0.05) is 29.4 Å². The summed E-state index contributed by atoms with van der Waals surface area (Å²) in [6.45, 7) is 1.84. The Bertz CT molecular complexity index is 150. The van der Waals surface area contributed by atoms with Crippen LogP contribution in [-0.2, 0) is 0 Å². The number of hydrogen-bond donors (Lipinski definition) is 1. The molecule has 1 aliphatic heterocycles. The molecular formula is C9H18OP2. The van der Waals surface area contributed by atoms with Crippen LogP contribution >= 0.6 is 16.5 Å². The van der Waals surface area contributed by atoms with Crippen molar-refractivity contribution in [3.8, 4) is 0 Å². The van der Waals surface area contributed by atoms with Crippen LogP contribution in [0.1, 0.15) is 39.0 Å². The van der Waals surface area contributed by atoms with Crippen LogP contribution in [0.25, 0.3) is 0 Å². The van der Waals surface area contributed by atoms with Gasteiger partial charge in [0.15, 0.2) is 0 Å². The van der Waals surface area contributed by atoms with Crippen molar-refractivity contribution in [1.29, 1.82) is 0 Å². The summed E-state index contributed by atoms with van der Waals surface area (Å²) < 4.78 is 0. The van der Waals surface area contributed by atoms with Crippen molar-refractivity contribution >= 4 is 16.5 Å². The summed E-state index contributed by atoms with van der Waals surface area (Å²) in [5.74, 6) is 0.600. The first-order valence-electron chi connectivity index (χ1n) is 4.68. The molecule has 1 rings (SSSR count). The van der Waals surface area contributed by atoms with Gasteiger partial charge in [0.05, 0.1) is 5.76 Å². The minimum atomic E-state index is 0.600. The molecule has 0 aliphatic carbocycles. The fourth-order valence-corrected chi connectivity index (χ4v) is 5.08. The number of hydrogen-bond acceptors (Lipinski definition) is 1. The van der Waals surface area contributed by atoms with Crippen LogP contribution in [0, 0.1) is 0 Å². The summed E-state index contributed by atoms with van der Waals surface area (Å²) in [5, 5.41) is 10.7. The minimum absolute atomic E-state index is 0.600. The molecule has 0 aromatic rings. The van der Waals surface area contributed by atoms with Crippen molar-refractivity contribution in [3.05, 3.63) is 11.1 Å². The third kappa shape index (κ3) is 3.87. The Labute approximate surface area is 78.5 Å². The average molecular weight is 204 g/mol. The van der Waals surface area contributed by atoms with E-state index in [4.69, 9.17) is 0 Å².